The molecule has 6 heteroatoms. The Morgan fingerprint density at radius 2 is 1.62 bits per heavy atom. The molecule has 0 radical (unpaired) electrons. The van der Waals surface area contributed by atoms with Crippen LogP contribution in [0.4, 0.5) is 0 Å². The molecule has 0 amide bonds. The molecular formula is C15H30O5Si. The third kappa shape index (κ3) is 9.03. The lowest BCUT2D eigenvalue weighted by Crippen LogP contribution is -2.45. The highest BCUT2D eigenvalue weighted by Crippen LogP contribution is 2.20. The van der Waals surface area contributed by atoms with E-state index in [0.717, 1.165) is 25.3 Å². The van der Waals surface area contributed by atoms with Crippen LogP contribution in [0.2, 0.25) is 6.04 Å². The molecule has 0 aromatic rings. The van der Waals surface area contributed by atoms with Gasteiger partial charge >= 0.3 is 14.8 Å². The highest BCUT2D eigenvalue weighted by molar-refractivity contribution is 6.60. The number of hydrogen-bond donors (Lipinski definition) is 0. The Balaban J connectivity index is 4.17. The summed E-state index contributed by atoms with van der Waals surface area (Å²) in [6.07, 6.45) is 3.77. The van der Waals surface area contributed by atoms with Crippen LogP contribution in [0.25, 0.3) is 0 Å². The number of hydrogen-bond acceptors (Lipinski definition) is 5. The zero-order valence-corrected chi connectivity index (χ0v) is 14.9. The quantitative estimate of drug-likeness (QED) is 0.226. The van der Waals surface area contributed by atoms with E-state index in [1.165, 1.54) is 6.08 Å². The fraction of sp³-hybridized carbons (Fsp3) is 0.800. The summed E-state index contributed by atoms with van der Waals surface area (Å²) in [5.41, 5.74) is 0. The lowest BCUT2D eigenvalue weighted by atomic mass is 10.2. The molecule has 0 fully saturated rings. The molecule has 0 aliphatic heterocycles. The first kappa shape index (κ1) is 20.3. The molecule has 21 heavy (non-hydrogen) atoms. The molecular weight excluding hydrogens is 288 g/mol. The predicted octanol–water partition coefficient (Wildman–Crippen LogP) is 3.32. The first-order valence-electron chi connectivity index (χ1n) is 7.78. The Morgan fingerprint density at radius 3 is 2.05 bits per heavy atom. The zero-order valence-electron chi connectivity index (χ0n) is 13.9. The molecule has 0 saturated carbocycles. The molecule has 0 bridgehead atoms. The van der Waals surface area contributed by atoms with Gasteiger partial charge in [0.25, 0.3) is 0 Å². The van der Waals surface area contributed by atoms with Crippen molar-refractivity contribution in [1.29, 1.82) is 0 Å². The van der Waals surface area contributed by atoms with Gasteiger partial charge in [-0.1, -0.05) is 6.58 Å². The molecule has 0 heterocycles. The van der Waals surface area contributed by atoms with Gasteiger partial charge in [-0.25, -0.2) is 4.79 Å². The molecule has 0 saturated heterocycles. The van der Waals surface area contributed by atoms with Crippen molar-refractivity contribution in [2.24, 2.45) is 0 Å². The van der Waals surface area contributed by atoms with Crippen molar-refractivity contribution >= 4 is 14.8 Å². The summed E-state index contributed by atoms with van der Waals surface area (Å²) in [4.78, 5) is 11.1. The molecule has 0 aromatic heterocycles. The van der Waals surface area contributed by atoms with Crippen molar-refractivity contribution in [3.8, 4) is 0 Å². The van der Waals surface area contributed by atoms with E-state index in [1.807, 2.05) is 27.7 Å². The Kier molecular flexibility index (Phi) is 11.5. The second-order valence-electron chi connectivity index (χ2n) is 4.68. The Hall–Kier alpha value is -0.693. The van der Waals surface area contributed by atoms with Crippen molar-refractivity contribution < 1.29 is 22.8 Å². The molecule has 1 atom stereocenters. The Morgan fingerprint density at radius 1 is 1.10 bits per heavy atom. The molecule has 0 aliphatic carbocycles. The van der Waals surface area contributed by atoms with Gasteiger partial charge in [0.1, 0.15) is 0 Å². The van der Waals surface area contributed by atoms with Gasteiger partial charge in [0.15, 0.2) is 0 Å². The van der Waals surface area contributed by atoms with Crippen molar-refractivity contribution in [2.45, 2.75) is 59.1 Å². The summed E-state index contributed by atoms with van der Waals surface area (Å²) in [7, 11) is -2.53. The normalized spacial score (nSPS) is 13.0. The fourth-order valence-electron chi connectivity index (χ4n) is 2.08. The van der Waals surface area contributed by atoms with Crippen LogP contribution < -0.4 is 0 Å². The third-order valence-electron chi connectivity index (χ3n) is 2.92. The number of carbonyl (C=O) groups excluding carboxylic acids is 1. The molecule has 124 valence electrons. The summed E-state index contributed by atoms with van der Waals surface area (Å²) in [5, 5.41) is 0. The van der Waals surface area contributed by atoms with Gasteiger partial charge in [0, 0.05) is 31.9 Å². The van der Waals surface area contributed by atoms with E-state index >= 15 is 0 Å². The molecule has 5 nitrogen and oxygen atoms in total. The van der Waals surface area contributed by atoms with Crippen LogP contribution in [-0.4, -0.2) is 40.7 Å². The number of rotatable bonds is 13. The van der Waals surface area contributed by atoms with E-state index in [4.69, 9.17) is 18.0 Å². The predicted molar refractivity (Wildman–Crippen MR) is 85.0 cm³/mol. The first-order chi connectivity index (χ1) is 10.0. The average molecular weight is 318 g/mol. The van der Waals surface area contributed by atoms with Crippen LogP contribution in [-0.2, 0) is 22.8 Å². The summed E-state index contributed by atoms with van der Waals surface area (Å²) in [6.45, 7) is 12.9. The molecule has 0 N–H and O–H groups in total. The van der Waals surface area contributed by atoms with Crippen LogP contribution in [0.5, 0.6) is 0 Å². The maximum atomic E-state index is 11.1. The van der Waals surface area contributed by atoms with Gasteiger partial charge in [0.2, 0.25) is 0 Å². The van der Waals surface area contributed by atoms with Gasteiger partial charge in [-0.3, -0.25) is 0 Å². The lowest BCUT2D eigenvalue weighted by molar-refractivity contribution is -0.142. The van der Waals surface area contributed by atoms with Crippen LogP contribution in [0, 0.1) is 0 Å². The van der Waals surface area contributed by atoms with E-state index in [1.54, 1.807) is 0 Å². The van der Waals surface area contributed by atoms with Crippen molar-refractivity contribution in [1.82, 2.24) is 0 Å². The standard InChI is InChI=1S/C15H30O5Si/c1-6-15(16)20-14(5)12-10-11-13-21(17-7-2,18-8-3)19-9-4/h6,14H,1,7-13H2,2-5H3. The van der Waals surface area contributed by atoms with Crippen LogP contribution in [0.15, 0.2) is 12.7 Å². The molecule has 0 spiro atoms. The van der Waals surface area contributed by atoms with Crippen LogP contribution in [0.1, 0.15) is 47.0 Å². The minimum atomic E-state index is -2.53. The first-order valence-corrected chi connectivity index (χ1v) is 9.71. The summed E-state index contributed by atoms with van der Waals surface area (Å²) >= 11 is 0. The number of ether oxygens (including phenoxy) is 1. The van der Waals surface area contributed by atoms with E-state index in [-0.39, 0.29) is 12.1 Å². The Labute approximate surface area is 130 Å². The zero-order chi connectivity index (χ0) is 16.1. The van der Waals surface area contributed by atoms with E-state index in [9.17, 15) is 4.79 Å². The number of unbranched alkanes of at least 4 members (excludes halogenated alkanes) is 1. The second kappa shape index (κ2) is 11.9. The SMILES string of the molecule is C=CC(=O)OC(C)CCCC[Si](OCC)(OCC)OCC. The lowest BCUT2D eigenvalue weighted by Gasteiger charge is -2.28. The van der Waals surface area contributed by atoms with Crippen molar-refractivity contribution in [2.75, 3.05) is 19.8 Å². The van der Waals surface area contributed by atoms with Gasteiger partial charge in [-0.15, -0.1) is 0 Å². The van der Waals surface area contributed by atoms with Crippen LogP contribution >= 0.6 is 0 Å². The smallest absolute Gasteiger partial charge is 0.460 e. The van der Waals surface area contributed by atoms with Crippen molar-refractivity contribution in [3.63, 3.8) is 0 Å². The molecule has 1 unspecified atom stereocenters. The number of carbonyl (C=O) groups is 1. The van der Waals surface area contributed by atoms with Gasteiger partial charge in [0.05, 0.1) is 6.10 Å². The fourth-order valence-corrected chi connectivity index (χ4v) is 4.77. The minimum Gasteiger partial charge on any atom is -0.460 e. The highest BCUT2D eigenvalue weighted by Gasteiger charge is 2.39. The summed E-state index contributed by atoms with van der Waals surface area (Å²) in [6, 6.07) is 0.796. The van der Waals surface area contributed by atoms with Gasteiger partial charge in [-0.2, -0.15) is 0 Å². The highest BCUT2D eigenvalue weighted by atomic mass is 28.4. The monoisotopic (exact) mass is 318 g/mol. The molecule has 0 rings (SSSR count). The van der Waals surface area contributed by atoms with E-state index in [0.29, 0.717) is 19.8 Å². The average Bonchev–Trinajstić information content (AvgIpc) is 2.44. The van der Waals surface area contributed by atoms with Crippen molar-refractivity contribution in [3.05, 3.63) is 12.7 Å². The summed E-state index contributed by atoms with van der Waals surface area (Å²) < 4.78 is 22.5. The number of esters is 1. The third-order valence-corrected chi connectivity index (χ3v) is 6.07. The van der Waals surface area contributed by atoms with Gasteiger partial charge < -0.3 is 18.0 Å². The summed E-state index contributed by atoms with van der Waals surface area (Å²) in [5.74, 6) is -0.371. The molecule has 0 aromatic carbocycles. The Bertz CT molecular complexity index is 279. The van der Waals surface area contributed by atoms with Gasteiger partial charge in [-0.05, 0) is 47.0 Å². The molecule has 0 aliphatic rings. The maximum Gasteiger partial charge on any atom is 0.500 e. The minimum absolute atomic E-state index is 0.0992. The van der Waals surface area contributed by atoms with E-state index < -0.39 is 8.80 Å². The van der Waals surface area contributed by atoms with E-state index in [2.05, 4.69) is 6.58 Å². The van der Waals surface area contributed by atoms with Crippen LogP contribution in [0.3, 0.4) is 0 Å². The second-order valence-corrected chi connectivity index (χ2v) is 7.41. The topological polar surface area (TPSA) is 54.0 Å². The maximum absolute atomic E-state index is 11.1. The largest absolute Gasteiger partial charge is 0.500 e.